The normalized spacial score (nSPS) is 9.88. The topological polar surface area (TPSA) is 33.0 Å². The molecule has 92 valence electrons. The van der Waals surface area contributed by atoms with Crippen LogP contribution in [0.5, 0.6) is 5.75 Å². The molecule has 0 atom stereocenters. The van der Waals surface area contributed by atoms with Crippen LogP contribution >= 0.6 is 11.8 Å². The number of benzene rings is 1. The Bertz CT molecular complexity index is 359. The minimum Gasteiger partial charge on any atom is -0.492 e. The van der Waals surface area contributed by atoms with Gasteiger partial charge in [0.1, 0.15) is 11.8 Å². The van der Waals surface area contributed by atoms with Crippen LogP contribution in [0.4, 0.5) is 0 Å². The van der Waals surface area contributed by atoms with Gasteiger partial charge in [0.25, 0.3) is 0 Å². The predicted octanol–water partition coefficient (Wildman–Crippen LogP) is 3.86. The molecule has 0 radical (unpaired) electrons. The maximum Gasteiger partial charge on any atom is 0.137 e. The van der Waals surface area contributed by atoms with Gasteiger partial charge >= 0.3 is 0 Å². The summed E-state index contributed by atoms with van der Waals surface area (Å²) in [5.41, 5.74) is 0.617. The molecule has 0 unspecified atom stereocenters. The van der Waals surface area contributed by atoms with Crippen LogP contribution in [0.2, 0.25) is 0 Å². The number of rotatable bonds is 8. The Morgan fingerprint density at radius 1 is 1.24 bits per heavy atom. The van der Waals surface area contributed by atoms with Crippen molar-refractivity contribution < 1.29 is 4.74 Å². The van der Waals surface area contributed by atoms with Crippen molar-refractivity contribution >= 4 is 11.8 Å². The second-order valence-corrected chi connectivity index (χ2v) is 5.00. The molecule has 2 nitrogen and oxygen atoms in total. The summed E-state index contributed by atoms with van der Waals surface area (Å²) < 4.78 is 5.60. The molecule has 3 heteroatoms. The number of thioether (sulfide) groups is 1. The molecule has 0 fully saturated rings. The lowest BCUT2D eigenvalue weighted by Crippen LogP contribution is -2.00. The number of hydrogen-bond acceptors (Lipinski definition) is 3. The molecule has 0 aromatic heterocycles. The molecule has 0 N–H and O–H groups in total. The molecule has 0 saturated heterocycles. The van der Waals surface area contributed by atoms with Gasteiger partial charge in [0.15, 0.2) is 0 Å². The van der Waals surface area contributed by atoms with E-state index in [4.69, 9.17) is 10.00 Å². The van der Waals surface area contributed by atoms with E-state index in [2.05, 4.69) is 13.0 Å². The average Bonchev–Trinajstić information content (AvgIpc) is 2.38. The minimum atomic E-state index is 0.617. The summed E-state index contributed by atoms with van der Waals surface area (Å²) in [7, 11) is 0. The molecular formula is C14H19NOS. The maximum absolute atomic E-state index is 8.88. The van der Waals surface area contributed by atoms with Crippen molar-refractivity contribution in [1.29, 1.82) is 5.26 Å². The van der Waals surface area contributed by atoms with Gasteiger partial charge < -0.3 is 4.74 Å². The summed E-state index contributed by atoms with van der Waals surface area (Å²) in [6.45, 7) is 2.90. The molecule has 0 aliphatic rings. The second kappa shape index (κ2) is 8.95. The average molecular weight is 249 g/mol. The molecular weight excluding hydrogens is 230 g/mol. The number of nitrogens with zero attached hydrogens (tertiary/aromatic N) is 1. The van der Waals surface area contributed by atoms with E-state index in [1.807, 2.05) is 30.0 Å². The molecule has 0 heterocycles. The number of ether oxygens (including phenoxy) is 1. The molecule has 1 rings (SSSR count). The van der Waals surface area contributed by atoms with Crippen LogP contribution in [0.15, 0.2) is 24.3 Å². The van der Waals surface area contributed by atoms with Crippen molar-refractivity contribution in [3.05, 3.63) is 29.8 Å². The quantitative estimate of drug-likeness (QED) is 0.656. The van der Waals surface area contributed by atoms with E-state index in [0.717, 1.165) is 12.2 Å². The molecule has 17 heavy (non-hydrogen) atoms. The van der Waals surface area contributed by atoms with Crippen molar-refractivity contribution in [2.45, 2.75) is 26.2 Å². The Kier molecular flexibility index (Phi) is 7.33. The van der Waals surface area contributed by atoms with E-state index < -0.39 is 0 Å². The van der Waals surface area contributed by atoms with Crippen molar-refractivity contribution in [1.82, 2.24) is 0 Å². The summed E-state index contributed by atoms with van der Waals surface area (Å²) in [5, 5.41) is 8.88. The highest BCUT2D eigenvalue weighted by Gasteiger charge is 2.00. The Balaban J connectivity index is 2.16. The first-order valence-corrected chi connectivity index (χ1v) is 7.23. The minimum absolute atomic E-state index is 0.617. The highest BCUT2D eigenvalue weighted by molar-refractivity contribution is 7.99. The first-order valence-electron chi connectivity index (χ1n) is 6.08. The lowest BCUT2D eigenvalue weighted by Gasteiger charge is -2.07. The van der Waals surface area contributed by atoms with E-state index in [1.165, 1.54) is 18.6 Å². The zero-order valence-corrected chi connectivity index (χ0v) is 11.1. The molecule has 0 aliphatic carbocycles. The summed E-state index contributed by atoms with van der Waals surface area (Å²) in [5.74, 6) is 3.08. The van der Waals surface area contributed by atoms with E-state index in [9.17, 15) is 0 Å². The van der Waals surface area contributed by atoms with Gasteiger partial charge in [-0.1, -0.05) is 25.5 Å². The first kappa shape index (κ1) is 13.9. The van der Waals surface area contributed by atoms with Gasteiger partial charge in [-0.05, 0) is 36.5 Å². The Labute approximate surface area is 108 Å². The molecule has 1 aromatic rings. The van der Waals surface area contributed by atoms with Gasteiger partial charge in [0.2, 0.25) is 0 Å². The number of unbranched alkanes of at least 4 members (excludes halogenated alkanes) is 1. The SMILES string of the molecule is CCCCSCCCOc1ccccc1C#N. The largest absolute Gasteiger partial charge is 0.492 e. The van der Waals surface area contributed by atoms with Crippen LogP contribution in [-0.2, 0) is 0 Å². The summed E-state index contributed by atoms with van der Waals surface area (Å²) >= 11 is 1.98. The second-order valence-electron chi connectivity index (χ2n) is 3.78. The Hall–Kier alpha value is -1.14. The van der Waals surface area contributed by atoms with Crippen molar-refractivity contribution in [3.63, 3.8) is 0 Å². The van der Waals surface area contributed by atoms with Crippen LogP contribution in [0.1, 0.15) is 31.7 Å². The number of para-hydroxylation sites is 1. The number of nitriles is 1. The smallest absolute Gasteiger partial charge is 0.137 e. The molecule has 0 spiro atoms. The fraction of sp³-hybridized carbons (Fsp3) is 0.500. The summed E-state index contributed by atoms with van der Waals surface area (Å²) in [6.07, 6.45) is 3.59. The summed E-state index contributed by atoms with van der Waals surface area (Å²) in [4.78, 5) is 0. The van der Waals surface area contributed by atoms with Crippen LogP contribution < -0.4 is 4.74 Å². The third-order valence-electron chi connectivity index (χ3n) is 2.34. The van der Waals surface area contributed by atoms with Crippen molar-refractivity contribution in [2.75, 3.05) is 18.1 Å². The molecule has 1 aromatic carbocycles. The van der Waals surface area contributed by atoms with Crippen LogP contribution in [0, 0.1) is 11.3 Å². The monoisotopic (exact) mass is 249 g/mol. The Morgan fingerprint density at radius 2 is 2.00 bits per heavy atom. The first-order chi connectivity index (χ1) is 8.38. The van der Waals surface area contributed by atoms with Gasteiger partial charge in [0.05, 0.1) is 12.2 Å². The molecule has 0 bridgehead atoms. The van der Waals surface area contributed by atoms with Crippen LogP contribution in [0.25, 0.3) is 0 Å². The number of hydrogen-bond donors (Lipinski definition) is 0. The molecule has 0 amide bonds. The summed E-state index contributed by atoms with van der Waals surface area (Å²) in [6, 6.07) is 9.52. The van der Waals surface area contributed by atoms with Gasteiger partial charge in [0, 0.05) is 0 Å². The third-order valence-corrected chi connectivity index (χ3v) is 3.50. The lowest BCUT2D eigenvalue weighted by molar-refractivity contribution is 0.318. The zero-order chi connectivity index (χ0) is 12.3. The van der Waals surface area contributed by atoms with Crippen LogP contribution in [-0.4, -0.2) is 18.1 Å². The molecule has 0 aliphatic heterocycles. The predicted molar refractivity (Wildman–Crippen MR) is 73.5 cm³/mol. The van der Waals surface area contributed by atoms with Crippen molar-refractivity contribution in [2.24, 2.45) is 0 Å². The molecule has 0 saturated carbocycles. The standard InChI is InChI=1S/C14H19NOS/c1-2-3-10-17-11-6-9-16-14-8-5-4-7-13(14)12-15/h4-5,7-8H,2-3,6,9-11H2,1H3. The van der Waals surface area contributed by atoms with Gasteiger partial charge in [-0.3, -0.25) is 0 Å². The van der Waals surface area contributed by atoms with E-state index in [0.29, 0.717) is 17.9 Å². The van der Waals surface area contributed by atoms with E-state index >= 15 is 0 Å². The third kappa shape index (κ3) is 5.65. The fourth-order valence-electron chi connectivity index (χ4n) is 1.38. The van der Waals surface area contributed by atoms with Crippen molar-refractivity contribution in [3.8, 4) is 11.8 Å². The van der Waals surface area contributed by atoms with Gasteiger partial charge in [-0.2, -0.15) is 17.0 Å². The maximum atomic E-state index is 8.88. The van der Waals surface area contributed by atoms with Gasteiger partial charge in [-0.25, -0.2) is 0 Å². The lowest BCUT2D eigenvalue weighted by atomic mass is 10.2. The highest BCUT2D eigenvalue weighted by Crippen LogP contribution is 2.17. The van der Waals surface area contributed by atoms with Crippen LogP contribution in [0.3, 0.4) is 0 Å². The van der Waals surface area contributed by atoms with Gasteiger partial charge in [-0.15, -0.1) is 0 Å². The zero-order valence-electron chi connectivity index (χ0n) is 10.3. The van der Waals surface area contributed by atoms with E-state index in [1.54, 1.807) is 6.07 Å². The van der Waals surface area contributed by atoms with E-state index in [-0.39, 0.29) is 0 Å². The highest BCUT2D eigenvalue weighted by atomic mass is 32.2. The Morgan fingerprint density at radius 3 is 2.76 bits per heavy atom. The fourth-order valence-corrected chi connectivity index (χ4v) is 2.40.